The molecule has 2 amide bonds. The predicted molar refractivity (Wildman–Crippen MR) is 88.0 cm³/mol. The Morgan fingerprint density at radius 1 is 1.38 bits per heavy atom. The van der Waals surface area contributed by atoms with Crippen molar-refractivity contribution in [2.75, 3.05) is 5.32 Å². The summed E-state index contributed by atoms with van der Waals surface area (Å²) in [7, 11) is 0. The number of carbonyl (C=O) groups excluding carboxylic acids is 2. The van der Waals surface area contributed by atoms with Gasteiger partial charge in [0.05, 0.1) is 6.42 Å². The first-order valence-electron chi connectivity index (χ1n) is 7.70. The standard InChI is InChI=1S/C17H22N2O5/c1-9-10(5-6-12-11(9)8-14(20)18-12)7-13(15(21)22)19-16(23)24-17(2,3)4/h5-6,13H,7-8H2,1-4H3,(H,18,20)(H,19,23)(H,21,22)/t13-/m0/s1. The highest BCUT2D eigenvalue weighted by Crippen LogP contribution is 2.29. The zero-order chi connectivity index (χ0) is 18.1. The fourth-order valence-electron chi connectivity index (χ4n) is 2.60. The molecule has 1 heterocycles. The van der Waals surface area contributed by atoms with Gasteiger partial charge in [-0.05, 0) is 50.5 Å². The van der Waals surface area contributed by atoms with Crippen LogP contribution in [0.4, 0.5) is 10.5 Å². The maximum absolute atomic E-state index is 11.8. The SMILES string of the molecule is Cc1c(C[C@H](NC(=O)OC(C)(C)C)C(=O)O)ccc2c1CC(=O)N2. The van der Waals surface area contributed by atoms with Gasteiger partial charge in [0.2, 0.25) is 5.91 Å². The van der Waals surface area contributed by atoms with E-state index in [0.29, 0.717) is 0 Å². The van der Waals surface area contributed by atoms with Crippen molar-refractivity contribution in [1.82, 2.24) is 5.32 Å². The third-order valence-corrected chi connectivity index (χ3v) is 3.74. The smallest absolute Gasteiger partial charge is 0.408 e. The number of rotatable bonds is 4. The van der Waals surface area contributed by atoms with E-state index in [1.165, 1.54) is 0 Å². The third kappa shape index (κ3) is 4.24. The van der Waals surface area contributed by atoms with Crippen LogP contribution in [0.5, 0.6) is 0 Å². The van der Waals surface area contributed by atoms with E-state index < -0.39 is 23.7 Å². The van der Waals surface area contributed by atoms with Crippen LogP contribution < -0.4 is 10.6 Å². The van der Waals surface area contributed by atoms with Crippen LogP contribution in [-0.4, -0.2) is 34.7 Å². The molecule has 130 valence electrons. The Balaban J connectivity index is 2.15. The molecule has 0 saturated heterocycles. The molecule has 7 heteroatoms. The average Bonchev–Trinajstić information content (AvgIpc) is 2.80. The molecule has 1 aromatic rings. The number of benzene rings is 1. The van der Waals surface area contributed by atoms with Gasteiger partial charge in [-0.2, -0.15) is 0 Å². The molecule has 0 radical (unpaired) electrons. The summed E-state index contributed by atoms with van der Waals surface area (Å²) in [6.45, 7) is 6.96. The maximum Gasteiger partial charge on any atom is 0.408 e. The van der Waals surface area contributed by atoms with Crippen LogP contribution in [0, 0.1) is 6.92 Å². The van der Waals surface area contributed by atoms with E-state index in [9.17, 15) is 19.5 Å². The van der Waals surface area contributed by atoms with E-state index in [-0.39, 0.29) is 18.7 Å². The van der Waals surface area contributed by atoms with Crippen molar-refractivity contribution in [2.45, 2.75) is 52.2 Å². The summed E-state index contributed by atoms with van der Waals surface area (Å²) in [5, 5.41) is 14.5. The van der Waals surface area contributed by atoms with E-state index in [0.717, 1.165) is 22.4 Å². The zero-order valence-corrected chi connectivity index (χ0v) is 14.2. The second-order valence-electron chi connectivity index (χ2n) is 6.84. The molecule has 3 N–H and O–H groups in total. The number of alkyl carbamates (subject to hydrolysis) is 1. The van der Waals surface area contributed by atoms with Gasteiger partial charge < -0.3 is 20.5 Å². The lowest BCUT2D eigenvalue weighted by Gasteiger charge is -2.22. The van der Waals surface area contributed by atoms with Gasteiger partial charge >= 0.3 is 12.1 Å². The normalized spacial score (nSPS) is 14.6. The van der Waals surface area contributed by atoms with Crippen molar-refractivity contribution in [1.29, 1.82) is 0 Å². The van der Waals surface area contributed by atoms with Gasteiger partial charge in [-0.3, -0.25) is 4.79 Å². The van der Waals surface area contributed by atoms with Crippen molar-refractivity contribution in [3.63, 3.8) is 0 Å². The van der Waals surface area contributed by atoms with E-state index in [1.54, 1.807) is 32.9 Å². The van der Waals surface area contributed by atoms with Gasteiger partial charge in [-0.1, -0.05) is 6.07 Å². The number of carboxylic acid groups (broad SMARTS) is 1. The molecule has 0 bridgehead atoms. The number of aliphatic carboxylic acids is 1. The predicted octanol–water partition coefficient (Wildman–Crippen LogP) is 2.01. The summed E-state index contributed by atoms with van der Waals surface area (Å²) < 4.78 is 5.11. The Morgan fingerprint density at radius 2 is 2.04 bits per heavy atom. The van der Waals surface area contributed by atoms with Crippen LogP contribution in [-0.2, 0) is 27.2 Å². The molecular formula is C17H22N2O5. The van der Waals surface area contributed by atoms with Gasteiger partial charge in [0.1, 0.15) is 11.6 Å². The summed E-state index contributed by atoms with van der Waals surface area (Å²) in [5.74, 6) is -1.22. The lowest BCUT2D eigenvalue weighted by Crippen LogP contribution is -2.44. The van der Waals surface area contributed by atoms with Gasteiger partial charge in [-0.25, -0.2) is 9.59 Å². The topological polar surface area (TPSA) is 105 Å². The first-order valence-corrected chi connectivity index (χ1v) is 7.70. The third-order valence-electron chi connectivity index (χ3n) is 3.74. The first-order chi connectivity index (χ1) is 11.1. The van der Waals surface area contributed by atoms with Crippen molar-refractivity contribution < 1.29 is 24.2 Å². The summed E-state index contributed by atoms with van der Waals surface area (Å²) >= 11 is 0. The van der Waals surface area contributed by atoms with E-state index >= 15 is 0 Å². The maximum atomic E-state index is 11.8. The van der Waals surface area contributed by atoms with Gasteiger partial charge in [0.25, 0.3) is 0 Å². The zero-order valence-electron chi connectivity index (χ0n) is 14.2. The van der Waals surface area contributed by atoms with Crippen LogP contribution in [0.15, 0.2) is 12.1 Å². The molecule has 0 unspecified atom stereocenters. The second-order valence-corrected chi connectivity index (χ2v) is 6.84. The minimum Gasteiger partial charge on any atom is -0.480 e. The summed E-state index contributed by atoms with van der Waals surface area (Å²) in [4.78, 5) is 34.8. The van der Waals surface area contributed by atoms with E-state index in [4.69, 9.17) is 4.74 Å². The molecule has 0 spiro atoms. The number of amides is 2. The number of carbonyl (C=O) groups is 3. The highest BCUT2D eigenvalue weighted by molar-refractivity contribution is 5.99. The lowest BCUT2D eigenvalue weighted by molar-refractivity contribution is -0.139. The number of ether oxygens (including phenoxy) is 1. The number of hydrogen-bond donors (Lipinski definition) is 3. The van der Waals surface area contributed by atoms with Crippen LogP contribution in [0.3, 0.4) is 0 Å². The molecule has 0 aromatic heterocycles. The molecule has 1 aliphatic rings. The number of hydrogen-bond acceptors (Lipinski definition) is 4. The van der Waals surface area contributed by atoms with E-state index in [2.05, 4.69) is 10.6 Å². The first kappa shape index (κ1) is 17.8. The highest BCUT2D eigenvalue weighted by atomic mass is 16.6. The van der Waals surface area contributed by atoms with Gasteiger partial charge in [-0.15, -0.1) is 0 Å². The molecule has 0 aliphatic carbocycles. The van der Waals surface area contributed by atoms with Crippen LogP contribution in [0.25, 0.3) is 0 Å². The number of anilines is 1. The molecule has 1 aliphatic heterocycles. The molecule has 2 rings (SSSR count). The van der Waals surface area contributed by atoms with Crippen LogP contribution in [0.1, 0.15) is 37.5 Å². The second kappa shape index (κ2) is 6.51. The molecule has 1 aromatic carbocycles. The van der Waals surface area contributed by atoms with Gasteiger partial charge in [0, 0.05) is 12.1 Å². The Labute approximate surface area is 140 Å². The average molecular weight is 334 g/mol. The van der Waals surface area contributed by atoms with Gasteiger partial charge in [0.15, 0.2) is 0 Å². The molecule has 24 heavy (non-hydrogen) atoms. The minimum absolute atomic E-state index is 0.0769. The van der Waals surface area contributed by atoms with Crippen LogP contribution in [0.2, 0.25) is 0 Å². The molecule has 7 nitrogen and oxygen atoms in total. The fourth-order valence-corrected chi connectivity index (χ4v) is 2.60. The lowest BCUT2D eigenvalue weighted by atomic mass is 9.95. The Hall–Kier alpha value is -2.57. The Kier molecular flexibility index (Phi) is 4.82. The Bertz CT molecular complexity index is 691. The molecular weight excluding hydrogens is 312 g/mol. The number of fused-ring (bicyclic) bond motifs is 1. The number of nitrogens with one attached hydrogen (secondary N) is 2. The fraction of sp³-hybridized carbons (Fsp3) is 0.471. The molecule has 1 atom stereocenters. The quantitative estimate of drug-likeness (QED) is 0.781. The minimum atomic E-state index is -1.14. The number of carboxylic acids is 1. The molecule has 0 saturated carbocycles. The summed E-state index contributed by atoms with van der Waals surface area (Å²) in [6, 6.07) is 2.42. The van der Waals surface area contributed by atoms with E-state index in [1.807, 2.05) is 6.92 Å². The van der Waals surface area contributed by atoms with Crippen molar-refractivity contribution in [2.24, 2.45) is 0 Å². The van der Waals surface area contributed by atoms with Crippen LogP contribution >= 0.6 is 0 Å². The van der Waals surface area contributed by atoms with Crippen molar-refractivity contribution in [3.8, 4) is 0 Å². The monoisotopic (exact) mass is 334 g/mol. The van der Waals surface area contributed by atoms with Crippen molar-refractivity contribution in [3.05, 3.63) is 28.8 Å². The Morgan fingerprint density at radius 3 is 2.62 bits per heavy atom. The summed E-state index contributed by atoms with van der Waals surface area (Å²) in [5.41, 5.74) is 2.56. The summed E-state index contributed by atoms with van der Waals surface area (Å²) in [6.07, 6.45) is -0.376. The van der Waals surface area contributed by atoms with Crippen molar-refractivity contribution >= 4 is 23.7 Å². The molecule has 0 fully saturated rings. The largest absolute Gasteiger partial charge is 0.480 e. The highest BCUT2D eigenvalue weighted by Gasteiger charge is 2.26.